The van der Waals surface area contributed by atoms with Crippen molar-refractivity contribution in [3.63, 3.8) is 0 Å². The lowest BCUT2D eigenvalue weighted by Crippen LogP contribution is -2.48. The van der Waals surface area contributed by atoms with Crippen molar-refractivity contribution in [2.75, 3.05) is 18.1 Å². The minimum Gasteiger partial charge on any atom is -0.452 e. The van der Waals surface area contributed by atoms with Gasteiger partial charge in [-0.1, -0.05) is 19.1 Å². The average Bonchev–Trinajstić information content (AvgIpc) is 2.78. The molecule has 0 aromatic heterocycles. The van der Waals surface area contributed by atoms with E-state index in [9.17, 15) is 18.0 Å². The number of sulfone groups is 1. The Hall–Kier alpha value is -1.89. The molecule has 126 valence electrons. The average molecular weight is 339 g/mol. The molecule has 1 unspecified atom stereocenters. The van der Waals surface area contributed by atoms with Crippen molar-refractivity contribution >= 4 is 21.7 Å². The summed E-state index contributed by atoms with van der Waals surface area (Å²) in [5, 5.41) is 2.64. The second kappa shape index (κ2) is 6.70. The van der Waals surface area contributed by atoms with Crippen molar-refractivity contribution in [1.82, 2.24) is 5.32 Å². The van der Waals surface area contributed by atoms with Crippen LogP contribution in [0.5, 0.6) is 0 Å². The van der Waals surface area contributed by atoms with Gasteiger partial charge < -0.3 is 10.1 Å². The van der Waals surface area contributed by atoms with Crippen LogP contribution in [0, 0.1) is 0 Å². The molecule has 1 aromatic rings. The Kier molecular flexibility index (Phi) is 5.09. The molecular formula is C16H21NO5S. The molecule has 1 aromatic carbocycles. The first-order valence-electron chi connectivity index (χ1n) is 7.50. The van der Waals surface area contributed by atoms with E-state index in [1.807, 2.05) is 19.1 Å². The fourth-order valence-electron chi connectivity index (χ4n) is 2.57. The summed E-state index contributed by atoms with van der Waals surface area (Å²) < 4.78 is 28.0. The number of rotatable bonds is 5. The minimum atomic E-state index is -3.10. The van der Waals surface area contributed by atoms with E-state index < -0.39 is 33.9 Å². The van der Waals surface area contributed by atoms with Crippen LogP contribution in [0.2, 0.25) is 0 Å². The van der Waals surface area contributed by atoms with Gasteiger partial charge in [-0.2, -0.15) is 0 Å². The molecule has 1 heterocycles. The van der Waals surface area contributed by atoms with Crippen LogP contribution >= 0.6 is 0 Å². The molecule has 1 aliphatic rings. The predicted molar refractivity (Wildman–Crippen MR) is 85.9 cm³/mol. The third kappa shape index (κ3) is 4.79. The SMILES string of the molecule is CCc1ccc(C(=O)OCC(=O)NC2(C)CCS(=O)(=O)C2)cc1. The Morgan fingerprint density at radius 2 is 1.91 bits per heavy atom. The summed E-state index contributed by atoms with van der Waals surface area (Å²) in [5.74, 6) is -1.10. The van der Waals surface area contributed by atoms with Gasteiger partial charge in [-0.3, -0.25) is 4.79 Å². The maximum absolute atomic E-state index is 11.9. The topological polar surface area (TPSA) is 89.5 Å². The van der Waals surface area contributed by atoms with Crippen molar-refractivity contribution in [2.45, 2.75) is 32.2 Å². The maximum atomic E-state index is 11.9. The van der Waals surface area contributed by atoms with Crippen LogP contribution in [-0.2, 0) is 25.8 Å². The summed E-state index contributed by atoms with van der Waals surface area (Å²) >= 11 is 0. The standard InChI is InChI=1S/C16H21NO5S/c1-3-12-4-6-13(7-5-12)15(19)22-10-14(18)17-16(2)8-9-23(20,21)11-16/h4-7H,3,8-11H2,1-2H3,(H,17,18). The number of amides is 1. The quantitative estimate of drug-likeness (QED) is 0.812. The van der Waals surface area contributed by atoms with Gasteiger partial charge in [0.25, 0.3) is 5.91 Å². The molecule has 7 heteroatoms. The molecule has 1 aliphatic heterocycles. The monoisotopic (exact) mass is 339 g/mol. The molecule has 0 spiro atoms. The number of ether oxygens (including phenoxy) is 1. The number of benzene rings is 1. The van der Waals surface area contributed by atoms with E-state index in [4.69, 9.17) is 4.74 Å². The van der Waals surface area contributed by atoms with Gasteiger partial charge in [-0.25, -0.2) is 13.2 Å². The van der Waals surface area contributed by atoms with Gasteiger partial charge in [0.15, 0.2) is 16.4 Å². The Morgan fingerprint density at radius 3 is 2.43 bits per heavy atom. The molecule has 23 heavy (non-hydrogen) atoms. The summed E-state index contributed by atoms with van der Waals surface area (Å²) in [5.41, 5.74) is 0.699. The van der Waals surface area contributed by atoms with Crippen LogP contribution < -0.4 is 5.32 Å². The van der Waals surface area contributed by atoms with E-state index in [2.05, 4.69) is 5.32 Å². The maximum Gasteiger partial charge on any atom is 0.338 e. The Labute approximate surface area is 136 Å². The zero-order valence-electron chi connectivity index (χ0n) is 13.3. The van der Waals surface area contributed by atoms with Crippen LogP contribution in [0.4, 0.5) is 0 Å². The molecular weight excluding hydrogens is 318 g/mol. The third-order valence-corrected chi connectivity index (χ3v) is 5.78. The minimum absolute atomic E-state index is 0.0628. The summed E-state index contributed by atoms with van der Waals surface area (Å²) in [7, 11) is -3.10. The van der Waals surface area contributed by atoms with Crippen molar-refractivity contribution in [3.8, 4) is 0 Å². The van der Waals surface area contributed by atoms with Crippen LogP contribution in [0.3, 0.4) is 0 Å². The predicted octanol–water partition coefficient (Wildman–Crippen LogP) is 1.10. The van der Waals surface area contributed by atoms with Gasteiger partial charge in [0, 0.05) is 0 Å². The molecule has 0 radical (unpaired) electrons. The molecule has 2 rings (SSSR count). The molecule has 1 saturated heterocycles. The number of carbonyl (C=O) groups excluding carboxylic acids is 2. The number of aryl methyl sites for hydroxylation is 1. The zero-order chi connectivity index (χ0) is 17.1. The number of hydrogen-bond acceptors (Lipinski definition) is 5. The van der Waals surface area contributed by atoms with E-state index in [1.165, 1.54) is 0 Å². The van der Waals surface area contributed by atoms with Crippen molar-refractivity contribution < 1.29 is 22.7 Å². The Balaban J connectivity index is 1.85. The first-order valence-corrected chi connectivity index (χ1v) is 9.33. The van der Waals surface area contributed by atoms with Crippen LogP contribution in [0.1, 0.15) is 36.2 Å². The fraction of sp³-hybridized carbons (Fsp3) is 0.500. The van der Waals surface area contributed by atoms with Crippen LogP contribution in [0.15, 0.2) is 24.3 Å². The third-order valence-electron chi connectivity index (χ3n) is 3.88. The van der Waals surface area contributed by atoms with Crippen molar-refractivity contribution in [2.24, 2.45) is 0 Å². The molecule has 1 fully saturated rings. The van der Waals surface area contributed by atoms with Gasteiger partial charge in [0.05, 0.1) is 22.6 Å². The number of nitrogens with one attached hydrogen (secondary N) is 1. The smallest absolute Gasteiger partial charge is 0.338 e. The second-order valence-corrected chi connectivity index (χ2v) is 8.26. The zero-order valence-corrected chi connectivity index (χ0v) is 14.1. The highest BCUT2D eigenvalue weighted by atomic mass is 32.2. The van der Waals surface area contributed by atoms with E-state index in [1.54, 1.807) is 19.1 Å². The van der Waals surface area contributed by atoms with Gasteiger partial charge in [0.1, 0.15) is 0 Å². The summed E-state index contributed by atoms with van der Waals surface area (Å²) in [4.78, 5) is 23.7. The highest BCUT2D eigenvalue weighted by Gasteiger charge is 2.39. The number of carbonyl (C=O) groups is 2. The molecule has 1 amide bonds. The van der Waals surface area contributed by atoms with E-state index in [0.29, 0.717) is 12.0 Å². The summed E-state index contributed by atoms with van der Waals surface area (Å²) in [6.07, 6.45) is 1.24. The van der Waals surface area contributed by atoms with E-state index >= 15 is 0 Å². The molecule has 0 bridgehead atoms. The van der Waals surface area contributed by atoms with E-state index in [0.717, 1.165) is 12.0 Å². The molecule has 0 saturated carbocycles. The number of esters is 1. The lowest BCUT2D eigenvalue weighted by molar-refractivity contribution is -0.125. The van der Waals surface area contributed by atoms with Gasteiger partial charge in [0.2, 0.25) is 0 Å². The van der Waals surface area contributed by atoms with Gasteiger partial charge in [-0.15, -0.1) is 0 Å². The number of hydrogen-bond donors (Lipinski definition) is 1. The first-order chi connectivity index (χ1) is 10.7. The second-order valence-electron chi connectivity index (χ2n) is 6.08. The molecule has 6 nitrogen and oxygen atoms in total. The van der Waals surface area contributed by atoms with Gasteiger partial charge in [-0.05, 0) is 37.5 Å². The Bertz CT molecular complexity index is 696. The van der Waals surface area contributed by atoms with Crippen molar-refractivity contribution in [1.29, 1.82) is 0 Å². The highest BCUT2D eigenvalue weighted by molar-refractivity contribution is 7.91. The molecule has 1 N–H and O–H groups in total. The first kappa shape index (κ1) is 17.5. The lowest BCUT2D eigenvalue weighted by atomic mass is 10.0. The lowest BCUT2D eigenvalue weighted by Gasteiger charge is -2.23. The largest absolute Gasteiger partial charge is 0.452 e. The van der Waals surface area contributed by atoms with E-state index in [-0.39, 0.29) is 11.5 Å². The Morgan fingerprint density at radius 1 is 1.26 bits per heavy atom. The summed E-state index contributed by atoms with van der Waals surface area (Å²) in [6.45, 7) is 3.27. The van der Waals surface area contributed by atoms with Crippen molar-refractivity contribution in [3.05, 3.63) is 35.4 Å². The highest BCUT2D eigenvalue weighted by Crippen LogP contribution is 2.22. The van der Waals surface area contributed by atoms with Gasteiger partial charge >= 0.3 is 5.97 Å². The fourth-order valence-corrected chi connectivity index (χ4v) is 4.67. The van der Waals surface area contributed by atoms with Crippen LogP contribution in [0.25, 0.3) is 0 Å². The summed E-state index contributed by atoms with van der Waals surface area (Å²) in [6, 6.07) is 6.98. The molecule has 0 aliphatic carbocycles. The van der Waals surface area contributed by atoms with Crippen LogP contribution in [-0.4, -0.2) is 43.9 Å². The molecule has 1 atom stereocenters. The normalized spacial score (nSPS) is 22.5.